The normalized spacial score (nSPS) is 10.8. The molecule has 0 N–H and O–H groups in total. The summed E-state index contributed by atoms with van der Waals surface area (Å²) in [4.78, 5) is 26.1. The topological polar surface area (TPSA) is 70.3 Å². The summed E-state index contributed by atoms with van der Waals surface area (Å²) in [5, 5.41) is 12.2. The fraction of sp³-hybridized carbons (Fsp3) is 0.412. The molecule has 0 fully saturated rings. The van der Waals surface area contributed by atoms with Crippen LogP contribution in [0.4, 0.5) is 5.69 Å². The first-order valence-corrected chi connectivity index (χ1v) is 7.70. The first-order valence-electron chi connectivity index (χ1n) is 7.70. The molecule has 124 valence electrons. The van der Waals surface area contributed by atoms with Crippen LogP contribution in [0.2, 0.25) is 0 Å². The first kappa shape index (κ1) is 16.9. The summed E-state index contributed by atoms with van der Waals surface area (Å²) in [7, 11) is 2.77. The second-order valence-corrected chi connectivity index (χ2v) is 5.50. The zero-order valence-corrected chi connectivity index (χ0v) is 14.0. The van der Waals surface area contributed by atoms with Crippen molar-refractivity contribution in [3.05, 3.63) is 56.2 Å². The highest BCUT2D eigenvalue weighted by Crippen LogP contribution is 2.18. The fourth-order valence-electron chi connectivity index (χ4n) is 2.66. The van der Waals surface area contributed by atoms with E-state index in [0.717, 1.165) is 33.5 Å². The zero-order chi connectivity index (χ0) is 17.1. The van der Waals surface area contributed by atoms with Crippen LogP contribution in [-0.2, 0) is 20.5 Å². The Kier molecular flexibility index (Phi) is 4.93. The van der Waals surface area contributed by atoms with Crippen molar-refractivity contribution in [2.75, 3.05) is 18.0 Å². The Hall–Kier alpha value is -2.50. The van der Waals surface area contributed by atoms with Crippen LogP contribution in [-0.4, -0.2) is 22.2 Å². The van der Waals surface area contributed by atoms with Crippen LogP contribution in [0.3, 0.4) is 0 Å². The predicted molar refractivity (Wildman–Crippen MR) is 89.2 cm³/mol. The Labute approximate surface area is 135 Å². The van der Waals surface area contributed by atoms with Gasteiger partial charge in [0.25, 0.3) is 5.56 Å². The van der Waals surface area contributed by atoms with Crippen LogP contribution in [0.25, 0.3) is 0 Å². The van der Waals surface area contributed by atoms with Gasteiger partial charge in [0.15, 0.2) is 0 Å². The highest BCUT2D eigenvalue weighted by molar-refractivity contribution is 5.48. The van der Waals surface area contributed by atoms with E-state index in [9.17, 15) is 14.7 Å². The average molecular weight is 316 g/mol. The van der Waals surface area contributed by atoms with E-state index >= 15 is 0 Å². The third-order valence-electron chi connectivity index (χ3n) is 4.15. The van der Waals surface area contributed by atoms with Crippen LogP contribution in [0.15, 0.2) is 33.9 Å². The maximum atomic E-state index is 12.2. The molecule has 6 heteroatoms. The summed E-state index contributed by atoms with van der Waals surface area (Å²) >= 11 is 0. The Bertz CT molecular complexity index is 800. The van der Waals surface area contributed by atoms with E-state index in [0.29, 0.717) is 0 Å². The van der Waals surface area contributed by atoms with Crippen molar-refractivity contribution >= 4 is 5.69 Å². The monoisotopic (exact) mass is 316 g/mol. The molecular weight excluding hydrogens is 294 g/mol. The van der Waals surface area contributed by atoms with Gasteiger partial charge in [0, 0.05) is 44.9 Å². The van der Waals surface area contributed by atoms with Gasteiger partial charge < -0.3 is 14.6 Å². The number of rotatable bonds is 5. The summed E-state index contributed by atoms with van der Waals surface area (Å²) in [5.41, 5.74) is 0.972. The molecule has 0 bridgehead atoms. The van der Waals surface area contributed by atoms with Gasteiger partial charge in [-0.3, -0.25) is 9.36 Å². The quantitative estimate of drug-likeness (QED) is 0.810. The number of hydrogen-bond donors (Lipinski definition) is 0. The van der Waals surface area contributed by atoms with Crippen molar-refractivity contribution in [3.63, 3.8) is 0 Å². The second kappa shape index (κ2) is 6.73. The van der Waals surface area contributed by atoms with Crippen LogP contribution >= 0.6 is 0 Å². The van der Waals surface area contributed by atoms with Gasteiger partial charge in [-0.05, 0) is 37.4 Å². The standard InChI is InChI=1S/C17H23N3O3/c1-5-20(6-2)13-9-7-12(8-10-13)11-14-15(21)18(3)17(23)19(4)16(14)22/h7-10,21H,5-6,11H2,1-4H3/p-1. The molecule has 0 unspecified atom stereocenters. The molecular formula is C17H22N3O3-. The molecule has 23 heavy (non-hydrogen) atoms. The molecule has 0 aliphatic rings. The molecule has 2 aromatic rings. The summed E-state index contributed by atoms with van der Waals surface area (Å²) in [5.74, 6) is -0.522. The Morgan fingerprint density at radius 1 is 1.00 bits per heavy atom. The number of nitrogens with zero attached hydrogens (tertiary/aromatic N) is 3. The predicted octanol–water partition coefficient (Wildman–Crippen LogP) is 0.595. The van der Waals surface area contributed by atoms with E-state index in [1.54, 1.807) is 0 Å². The summed E-state index contributed by atoms with van der Waals surface area (Å²) in [6.45, 7) is 6.02. The molecule has 1 heterocycles. The molecule has 1 aromatic carbocycles. The van der Waals surface area contributed by atoms with Crippen LogP contribution in [0.1, 0.15) is 25.0 Å². The minimum absolute atomic E-state index is 0.116. The molecule has 2 rings (SSSR count). The lowest BCUT2D eigenvalue weighted by Crippen LogP contribution is -2.40. The van der Waals surface area contributed by atoms with Gasteiger partial charge in [0.2, 0.25) is 0 Å². The lowest BCUT2D eigenvalue weighted by atomic mass is 10.1. The summed E-state index contributed by atoms with van der Waals surface area (Å²) < 4.78 is 1.95. The Morgan fingerprint density at radius 2 is 1.57 bits per heavy atom. The van der Waals surface area contributed by atoms with E-state index in [-0.39, 0.29) is 12.0 Å². The Balaban J connectivity index is 2.37. The smallest absolute Gasteiger partial charge is 0.329 e. The number of benzene rings is 1. The molecule has 0 atom stereocenters. The summed E-state index contributed by atoms with van der Waals surface area (Å²) in [6, 6.07) is 7.80. The SMILES string of the molecule is CCN(CC)c1ccc(Cc2c([O-])n(C)c(=O)n(C)c2=O)cc1. The van der Waals surface area contributed by atoms with E-state index in [4.69, 9.17) is 0 Å². The van der Waals surface area contributed by atoms with Crippen molar-refractivity contribution in [1.82, 2.24) is 9.13 Å². The molecule has 0 saturated carbocycles. The van der Waals surface area contributed by atoms with Crippen LogP contribution in [0.5, 0.6) is 5.88 Å². The molecule has 0 saturated heterocycles. The van der Waals surface area contributed by atoms with E-state index in [2.05, 4.69) is 18.7 Å². The lowest BCUT2D eigenvalue weighted by molar-refractivity contribution is -0.280. The maximum absolute atomic E-state index is 12.2. The highest BCUT2D eigenvalue weighted by atomic mass is 16.3. The van der Waals surface area contributed by atoms with Gasteiger partial charge in [-0.15, -0.1) is 0 Å². The van der Waals surface area contributed by atoms with Gasteiger partial charge >= 0.3 is 5.69 Å². The summed E-state index contributed by atoms with van der Waals surface area (Å²) in [6.07, 6.45) is 0.220. The van der Waals surface area contributed by atoms with Gasteiger partial charge in [-0.2, -0.15) is 0 Å². The average Bonchev–Trinajstić information content (AvgIpc) is 2.57. The second-order valence-electron chi connectivity index (χ2n) is 5.50. The molecule has 0 aliphatic carbocycles. The van der Waals surface area contributed by atoms with E-state index in [1.807, 2.05) is 24.3 Å². The van der Waals surface area contributed by atoms with Crippen molar-refractivity contribution in [1.29, 1.82) is 0 Å². The van der Waals surface area contributed by atoms with E-state index < -0.39 is 17.1 Å². The van der Waals surface area contributed by atoms with Crippen LogP contribution < -0.4 is 21.3 Å². The minimum Gasteiger partial charge on any atom is -0.860 e. The van der Waals surface area contributed by atoms with Gasteiger partial charge in [0.1, 0.15) is 0 Å². The zero-order valence-electron chi connectivity index (χ0n) is 14.0. The van der Waals surface area contributed by atoms with Crippen molar-refractivity contribution in [2.24, 2.45) is 14.1 Å². The molecule has 0 radical (unpaired) electrons. The lowest BCUT2D eigenvalue weighted by Gasteiger charge is -2.21. The number of hydrogen-bond acceptors (Lipinski definition) is 4. The Morgan fingerprint density at radius 3 is 2.09 bits per heavy atom. The molecule has 0 spiro atoms. The number of aromatic nitrogens is 2. The van der Waals surface area contributed by atoms with Gasteiger partial charge in [-0.1, -0.05) is 12.1 Å². The van der Waals surface area contributed by atoms with Crippen molar-refractivity contribution in [3.8, 4) is 5.88 Å². The molecule has 0 amide bonds. The fourth-order valence-corrected chi connectivity index (χ4v) is 2.66. The first-order chi connectivity index (χ1) is 10.9. The van der Waals surface area contributed by atoms with Gasteiger partial charge in [0.05, 0.1) is 0 Å². The number of anilines is 1. The van der Waals surface area contributed by atoms with Crippen molar-refractivity contribution < 1.29 is 5.11 Å². The third-order valence-corrected chi connectivity index (χ3v) is 4.15. The highest BCUT2D eigenvalue weighted by Gasteiger charge is 2.10. The largest absolute Gasteiger partial charge is 0.860 e. The maximum Gasteiger partial charge on any atom is 0.329 e. The molecule has 1 aromatic heterocycles. The minimum atomic E-state index is -0.597. The van der Waals surface area contributed by atoms with E-state index in [1.165, 1.54) is 14.1 Å². The molecule has 6 nitrogen and oxygen atoms in total. The molecule has 0 aliphatic heterocycles. The van der Waals surface area contributed by atoms with Gasteiger partial charge in [-0.25, -0.2) is 4.79 Å². The van der Waals surface area contributed by atoms with Crippen LogP contribution in [0, 0.1) is 0 Å². The third kappa shape index (κ3) is 3.16. The van der Waals surface area contributed by atoms with Crippen molar-refractivity contribution in [2.45, 2.75) is 20.3 Å².